The Labute approximate surface area is 304 Å². The Morgan fingerprint density at radius 2 is 0.816 bits per heavy atom. The van der Waals surface area contributed by atoms with E-state index in [1.807, 2.05) is 0 Å². The zero-order valence-corrected chi connectivity index (χ0v) is 32.7. The molecule has 4 atom stereocenters. The number of nitrogens with one attached hydrogen (secondary N) is 1. The van der Waals surface area contributed by atoms with Crippen LogP contribution in [0.1, 0.15) is 226 Å². The van der Waals surface area contributed by atoms with Crippen molar-refractivity contribution >= 4 is 5.91 Å². The zero-order chi connectivity index (χ0) is 36.0. The Balaban J connectivity index is 3.70. The normalized spacial score (nSPS) is 14.3. The lowest BCUT2D eigenvalue weighted by Gasteiger charge is -2.27. The molecule has 0 aliphatic carbocycles. The minimum absolute atomic E-state index is 0.364. The second-order valence-corrected chi connectivity index (χ2v) is 15.0. The smallest absolute Gasteiger partial charge is 0.249 e. The minimum Gasteiger partial charge on any atom is -0.394 e. The number of aliphatic hydroxyl groups excluding tert-OH is 4. The highest BCUT2D eigenvalue weighted by Crippen LogP contribution is 2.16. The van der Waals surface area contributed by atoms with Crippen molar-refractivity contribution in [2.75, 3.05) is 6.61 Å². The fourth-order valence-electron chi connectivity index (χ4n) is 6.75. The Hall–Kier alpha value is -0.950. The predicted molar refractivity (Wildman–Crippen MR) is 210 cm³/mol. The largest absolute Gasteiger partial charge is 0.394 e. The van der Waals surface area contributed by atoms with Gasteiger partial charge >= 0.3 is 0 Å². The van der Waals surface area contributed by atoms with E-state index in [4.69, 9.17) is 0 Å². The van der Waals surface area contributed by atoms with Crippen molar-refractivity contribution in [1.29, 1.82) is 0 Å². The molecule has 0 aromatic rings. The lowest BCUT2D eigenvalue weighted by molar-refractivity contribution is -0.132. The van der Waals surface area contributed by atoms with Gasteiger partial charge in [-0.05, 0) is 38.5 Å². The monoisotopic (exact) mass is 696 g/mol. The summed E-state index contributed by atoms with van der Waals surface area (Å²) in [6, 6.07) is -0.983. The lowest BCUT2D eigenvalue weighted by atomic mass is 9.99. The van der Waals surface area contributed by atoms with Crippen molar-refractivity contribution in [3.63, 3.8) is 0 Å². The molecule has 0 aromatic heterocycles. The molecule has 0 aliphatic heterocycles. The maximum atomic E-state index is 12.5. The molecule has 292 valence electrons. The van der Waals surface area contributed by atoms with Gasteiger partial charge in [-0.15, -0.1) is 0 Å². The van der Waals surface area contributed by atoms with Gasteiger partial charge in [0.25, 0.3) is 0 Å². The number of amides is 1. The number of hydrogen-bond donors (Lipinski definition) is 5. The number of carbonyl (C=O) groups is 1. The average Bonchev–Trinajstić information content (AvgIpc) is 3.11. The molecule has 6 heteroatoms. The summed E-state index contributed by atoms with van der Waals surface area (Å²) >= 11 is 0. The molecule has 0 bridgehead atoms. The number of rotatable bonds is 39. The fraction of sp³-hybridized carbons (Fsp3) is 0.930. The number of allylic oxidation sites excluding steroid dienone is 2. The van der Waals surface area contributed by atoms with Gasteiger partial charge in [-0.2, -0.15) is 0 Å². The predicted octanol–water partition coefficient (Wildman–Crippen LogP) is 11.0. The van der Waals surface area contributed by atoms with Gasteiger partial charge in [0, 0.05) is 0 Å². The second kappa shape index (κ2) is 38.3. The lowest BCUT2D eigenvalue weighted by Crippen LogP contribution is -2.53. The first kappa shape index (κ1) is 48.0. The van der Waals surface area contributed by atoms with Gasteiger partial charge in [0.2, 0.25) is 5.91 Å². The standard InChI is InChI=1S/C43H85NO5/c1-3-5-7-9-11-13-15-16-17-18-19-20-21-22-23-24-25-27-29-31-33-35-37-41(47)43(49)44-39(38-45)42(48)40(46)36-34-32-30-28-26-14-12-10-8-6-4-2/h22-23,39-42,45-48H,3-21,24-38H2,1-2H3,(H,44,49)/b23-22-. The molecule has 6 nitrogen and oxygen atoms in total. The van der Waals surface area contributed by atoms with Gasteiger partial charge in [0.05, 0.1) is 18.8 Å². The van der Waals surface area contributed by atoms with Crippen LogP contribution >= 0.6 is 0 Å². The Bertz CT molecular complexity index is 702. The molecule has 0 radical (unpaired) electrons. The van der Waals surface area contributed by atoms with Crippen LogP contribution in [-0.4, -0.2) is 57.3 Å². The van der Waals surface area contributed by atoms with Crippen molar-refractivity contribution in [2.24, 2.45) is 0 Å². The number of aliphatic hydroxyl groups is 4. The third kappa shape index (κ3) is 32.7. The van der Waals surface area contributed by atoms with Crippen LogP contribution in [0.2, 0.25) is 0 Å². The second-order valence-electron chi connectivity index (χ2n) is 15.0. The molecule has 49 heavy (non-hydrogen) atoms. The summed E-state index contributed by atoms with van der Waals surface area (Å²) in [5, 5.41) is 43.5. The molecule has 0 saturated heterocycles. The summed E-state index contributed by atoms with van der Waals surface area (Å²) in [4.78, 5) is 12.5. The van der Waals surface area contributed by atoms with Gasteiger partial charge in [0.1, 0.15) is 12.2 Å². The van der Waals surface area contributed by atoms with E-state index in [1.165, 1.54) is 154 Å². The van der Waals surface area contributed by atoms with Gasteiger partial charge in [-0.1, -0.05) is 199 Å². The molecule has 0 fully saturated rings. The van der Waals surface area contributed by atoms with Crippen LogP contribution < -0.4 is 5.32 Å². The van der Waals surface area contributed by atoms with Crippen molar-refractivity contribution in [2.45, 2.75) is 250 Å². The van der Waals surface area contributed by atoms with E-state index >= 15 is 0 Å². The van der Waals surface area contributed by atoms with E-state index < -0.39 is 36.9 Å². The van der Waals surface area contributed by atoms with Crippen LogP contribution in [0.5, 0.6) is 0 Å². The summed E-state index contributed by atoms with van der Waals surface area (Å²) in [5.41, 5.74) is 0. The average molecular weight is 696 g/mol. The van der Waals surface area contributed by atoms with E-state index in [9.17, 15) is 25.2 Å². The molecule has 0 spiro atoms. The summed E-state index contributed by atoms with van der Waals surface area (Å²) in [5.74, 6) is -0.588. The van der Waals surface area contributed by atoms with Gasteiger partial charge < -0.3 is 25.7 Å². The molecule has 1 amide bonds. The van der Waals surface area contributed by atoms with Crippen LogP contribution in [0.3, 0.4) is 0 Å². The van der Waals surface area contributed by atoms with Crippen LogP contribution in [0.15, 0.2) is 12.2 Å². The van der Waals surface area contributed by atoms with Gasteiger partial charge in [-0.25, -0.2) is 0 Å². The molecule has 4 unspecified atom stereocenters. The van der Waals surface area contributed by atoms with Crippen molar-refractivity contribution in [3.8, 4) is 0 Å². The highest BCUT2D eigenvalue weighted by molar-refractivity contribution is 5.80. The van der Waals surface area contributed by atoms with Crippen LogP contribution in [0, 0.1) is 0 Å². The third-order valence-corrected chi connectivity index (χ3v) is 10.2. The highest BCUT2D eigenvalue weighted by Gasteiger charge is 2.28. The topological polar surface area (TPSA) is 110 Å². The first-order chi connectivity index (χ1) is 24.0. The van der Waals surface area contributed by atoms with Gasteiger partial charge in [0.15, 0.2) is 0 Å². The molecular formula is C43H85NO5. The quantitative estimate of drug-likeness (QED) is 0.0325. The molecule has 0 heterocycles. The number of hydrogen-bond acceptors (Lipinski definition) is 5. The minimum atomic E-state index is -1.26. The van der Waals surface area contributed by atoms with E-state index in [2.05, 4.69) is 31.3 Å². The zero-order valence-electron chi connectivity index (χ0n) is 32.7. The highest BCUT2D eigenvalue weighted by atomic mass is 16.3. The van der Waals surface area contributed by atoms with Crippen LogP contribution in [0.25, 0.3) is 0 Å². The molecule has 0 aliphatic rings. The first-order valence-corrected chi connectivity index (χ1v) is 21.6. The number of carbonyl (C=O) groups excluding carboxylic acids is 1. The van der Waals surface area contributed by atoms with Crippen LogP contribution in [-0.2, 0) is 4.79 Å². The van der Waals surface area contributed by atoms with E-state index in [1.54, 1.807) is 0 Å². The third-order valence-electron chi connectivity index (χ3n) is 10.2. The Morgan fingerprint density at radius 1 is 0.490 bits per heavy atom. The Morgan fingerprint density at radius 3 is 1.18 bits per heavy atom. The summed E-state index contributed by atoms with van der Waals surface area (Å²) in [6.07, 6.45) is 41.0. The molecule has 0 aromatic carbocycles. The summed E-state index contributed by atoms with van der Waals surface area (Å²) < 4.78 is 0. The first-order valence-electron chi connectivity index (χ1n) is 21.6. The fourth-order valence-corrected chi connectivity index (χ4v) is 6.75. The summed E-state index contributed by atoms with van der Waals surface area (Å²) in [7, 11) is 0. The van der Waals surface area contributed by atoms with Crippen LogP contribution in [0.4, 0.5) is 0 Å². The van der Waals surface area contributed by atoms with E-state index in [0.29, 0.717) is 12.8 Å². The molecule has 0 saturated carbocycles. The van der Waals surface area contributed by atoms with Crippen molar-refractivity contribution in [1.82, 2.24) is 5.32 Å². The van der Waals surface area contributed by atoms with Gasteiger partial charge in [-0.3, -0.25) is 4.79 Å². The number of unbranched alkanes of at least 4 members (excludes halogenated alkanes) is 28. The maximum absolute atomic E-state index is 12.5. The van der Waals surface area contributed by atoms with E-state index in [-0.39, 0.29) is 0 Å². The summed E-state index contributed by atoms with van der Waals surface area (Å²) in [6.45, 7) is 4.04. The van der Waals surface area contributed by atoms with E-state index in [0.717, 1.165) is 44.9 Å². The molecular weight excluding hydrogens is 610 g/mol. The van der Waals surface area contributed by atoms with Crippen molar-refractivity contribution in [3.05, 3.63) is 12.2 Å². The van der Waals surface area contributed by atoms with Crippen molar-refractivity contribution < 1.29 is 25.2 Å². The molecule has 0 rings (SSSR count). The Kier molecular flexibility index (Phi) is 37.5. The SMILES string of the molecule is CCCCCCCCCCCCCC/C=C\CCCCCCCCC(O)C(=O)NC(CO)C(O)C(O)CCCCCCCCCCCCC. The molecule has 5 N–H and O–H groups in total. The maximum Gasteiger partial charge on any atom is 0.249 e.